The molecule has 2 N–H and O–H groups in total. The molecule has 0 aliphatic carbocycles. The summed E-state index contributed by atoms with van der Waals surface area (Å²) < 4.78 is 0. The van der Waals surface area contributed by atoms with E-state index in [9.17, 15) is 4.79 Å². The number of H-pyrrole nitrogens is 1. The summed E-state index contributed by atoms with van der Waals surface area (Å²) >= 11 is 0. The number of aromatic amines is 1. The molecule has 1 amide bonds. The Morgan fingerprint density at radius 3 is 3.06 bits per heavy atom. The lowest BCUT2D eigenvalue weighted by molar-refractivity contribution is 0.102. The van der Waals surface area contributed by atoms with Crippen molar-refractivity contribution < 1.29 is 4.79 Å². The molecule has 6 nitrogen and oxygen atoms in total. The summed E-state index contributed by atoms with van der Waals surface area (Å²) in [5.74, 6) is -0.102. The predicted molar refractivity (Wildman–Crippen MR) is 60.2 cm³/mol. The van der Waals surface area contributed by atoms with Gasteiger partial charge in [0.2, 0.25) is 0 Å². The van der Waals surface area contributed by atoms with Crippen molar-refractivity contribution in [3.63, 3.8) is 0 Å². The molecule has 0 aliphatic heterocycles. The third kappa shape index (κ3) is 2.29. The summed E-state index contributed by atoms with van der Waals surface area (Å²) in [7, 11) is 0. The van der Waals surface area contributed by atoms with Crippen LogP contribution in [0.25, 0.3) is 0 Å². The van der Waals surface area contributed by atoms with Gasteiger partial charge in [-0.25, -0.2) is 4.98 Å². The van der Waals surface area contributed by atoms with Gasteiger partial charge in [-0.2, -0.15) is 10.4 Å². The Morgan fingerprint density at radius 2 is 2.35 bits per heavy atom. The van der Waals surface area contributed by atoms with Crippen LogP contribution in [-0.4, -0.2) is 21.1 Å². The van der Waals surface area contributed by atoms with Crippen molar-refractivity contribution in [1.29, 1.82) is 5.26 Å². The fraction of sp³-hybridized carbons (Fsp3) is 0.0909. The molecule has 0 fully saturated rings. The van der Waals surface area contributed by atoms with E-state index < -0.39 is 0 Å². The molecule has 0 radical (unpaired) electrons. The molecule has 84 valence electrons. The normalized spacial score (nSPS) is 9.65. The third-order valence-corrected chi connectivity index (χ3v) is 2.12. The lowest BCUT2D eigenvalue weighted by atomic mass is 10.3. The van der Waals surface area contributed by atoms with Gasteiger partial charge in [0, 0.05) is 5.69 Å². The number of carbonyl (C=O) groups excluding carboxylic acids is 1. The first-order valence-corrected chi connectivity index (χ1v) is 4.89. The summed E-state index contributed by atoms with van der Waals surface area (Å²) in [5.41, 5.74) is 1.33. The number of amides is 1. The summed E-state index contributed by atoms with van der Waals surface area (Å²) in [5, 5.41) is 17.5. The summed E-state index contributed by atoms with van der Waals surface area (Å²) in [6.07, 6.45) is 1.35. The first-order chi connectivity index (χ1) is 8.20. The van der Waals surface area contributed by atoms with E-state index in [2.05, 4.69) is 20.5 Å². The monoisotopic (exact) mass is 227 g/mol. The highest BCUT2D eigenvalue weighted by Crippen LogP contribution is 2.10. The quantitative estimate of drug-likeness (QED) is 0.806. The number of carbonyl (C=O) groups is 1. The van der Waals surface area contributed by atoms with Crippen molar-refractivity contribution >= 4 is 11.7 Å². The van der Waals surface area contributed by atoms with E-state index in [1.54, 1.807) is 25.1 Å². The lowest BCUT2D eigenvalue weighted by Crippen LogP contribution is -2.14. The number of nitrogens with one attached hydrogen (secondary N) is 2. The van der Waals surface area contributed by atoms with Crippen LogP contribution in [0.5, 0.6) is 0 Å². The number of rotatable bonds is 2. The van der Waals surface area contributed by atoms with E-state index in [1.807, 2.05) is 6.07 Å². The molecule has 0 unspecified atom stereocenters. The first kappa shape index (κ1) is 10.8. The maximum Gasteiger partial charge on any atom is 0.275 e. The van der Waals surface area contributed by atoms with Crippen LogP contribution in [0, 0.1) is 18.3 Å². The molecule has 2 aromatic rings. The standard InChI is InChI=1S/C11H9N5O/c1-7-3-2-4-9(14-7)11(17)15-10-8(5-12)6-13-16-10/h2-4,6H,1H3,(H2,13,15,16,17). The van der Waals surface area contributed by atoms with Crippen LogP contribution < -0.4 is 5.32 Å². The van der Waals surface area contributed by atoms with Crippen LogP contribution in [-0.2, 0) is 0 Å². The number of nitriles is 1. The number of nitrogens with zero attached hydrogens (tertiary/aromatic N) is 3. The molecule has 0 spiro atoms. The number of aryl methyl sites for hydroxylation is 1. The lowest BCUT2D eigenvalue weighted by Gasteiger charge is -2.02. The summed E-state index contributed by atoms with van der Waals surface area (Å²) in [4.78, 5) is 15.9. The van der Waals surface area contributed by atoms with Crippen molar-refractivity contribution in [2.45, 2.75) is 6.92 Å². The van der Waals surface area contributed by atoms with Crippen molar-refractivity contribution in [3.05, 3.63) is 41.3 Å². The molecular formula is C11H9N5O. The van der Waals surface area contributed by atoms with Crippen LogP contribution in [0.1, 0.15) is 21.7 Å². The van der Waals surface area contributed by atoms with Gasteiger partial charge in [0.05, 0.1) is 6.20 Å². The van der Waals surface area contributed by atoms with E-state index in [1.165, 1.54) is 6.20 Å². The molecule has 0 saturated heterocycles. The molecule has 0 bridgehead atoms. The SMILES string of the molecule is Cc1cccc(C(=O)Nc2[nH]ncc2C#N)n1. The molecule has 6 heteroatoms. The minimum Gasteiger partial charge on any atom is -0.304 e. The average molecular weight is 227 g/mol. The van der Waals surface area contributed by atoms with Crippen molar-refractivity contribution in [2.24, 2.45) is 0 Å². The van der Waals surface area contributed by atoms with Gasteiger partial charge in [0.15, 0.2) is 0 Å². The topological polar surface area (TPSA) is 94.5 Å². The molecule has 2 heterocycles. The van der Waals surface area contributed by atoms with Gasteiger partial charge in [0.25, 0.3) is 5.91 Å². The zero-order valence-electron chi connectivity index (χ0n) is 9.06. The predicted octanol–water partition coefficient (Wildman–Crippen LogP) is 1.24. The molecule has 2 aromatic heterocycles. The highest BCUT2D eigenvalue weighted by atomic mass is 16.1. The zero-order valence-corrected chi connectivity index (χ0v) is 9.06. The Balaban J connectivity index is 2.21. The number of hydrogen-bond acceptors (Lipinski definition) is 4. The van der Waals surface area contributed by atoms with Gasteiger partial charge in [-0.15, -0.1) is 0 Å². The molecule has 2 rings (SSSR count). The van der Waals surface area contributed by atoms with Gasteiger partial charge in [-0.1, -0.05) is 6.07 Å². The number of anilines is 1. The zero-order chi connectivity index (χ0) is 12.3. The van der Waals surface area contributed by atoms with Crippen LogP contribution in [0.4, 0.5) is 5.82 Å². The van der Waals surface area contributed by atoms with Gasteiger partial charge in [-0.3, -0.25) is 9.89 Å². The molecular weight excluding hydrogens is 218 g/mol. The van der Waals surface area contributed by atoms with Crippen LogP contribution in [0.3, 0.4) is 0 Å². The Hall–Kier alpha value is -2.68. The number of aromatic nitrogens is 3. The van der Waals surface area contributed by atoms with E-state index in [0.29, 0.717) is 5.69 Å². The maximum atomic E-state index is 11.8. The third-order valence-electron chi connectivity index (χ3n) is 2.12. The Bertz CT molecular complexity index is 596. The fourth-order valence-corrected chi connectivity index (χ4v) is 1.31. The molecule has 0 aliphatic rings. The van der Waals surface area contributed by atoms with E-state index >= 15 is 0 Å². The van der Waals surface area contributed by atoms with E-state index in [0.717, 1.165) is 5.69 Å². The molecule has 17 heavy (non-hydrogen) atoms. The van der Waals surface area contributed by atoms with E-state index in [4.69, 9.17) is 5.26 Å². The Kier molecular flexibility index (Phi) is 2.83. The number of hydrogen-bond donors (Lipinski definition) is 2. The maximum absolute atomic E-state index is 11.8. The smallest absolute Gasteiger partial charge is 0.275 e. The van der Waals surface area contributed by atoms with E-state index in [-0.39, 0.29) is 17.3 Å². The molecule has 0 atom stereocenters. The van der Waals surface area contributed by atoms with Crippen LogP contribution >= 0.6 is 0 Å². The van der Waals surface area contributed by atoms with Gasteiger partial charge >= 0.3 is 0 Å². The first-order valence-electron chi connectivity index (χ1n) is 4.89. The second kappa shape index (κ2) is 4.45. The second-order valence-corrected chi connectivity index (χ2v) is 3.39. The second-order valence-electron chi connectivity index (χ2n) is 3.39. The van der Waals surface area contributed by atoms with Gasteiger partial charge in [-0.05, 0) is 19.1 Å². The highest BCUT2D eigenvalue weighted by molar-refractivity contribution is 6.02. The van der Waals surface area contributed by atoms with Gasteiger partial charge < -0.3 is 5.32 Å². The van der Waals surface area contributed by atoms with Crippen LogP contribution in [0.2, 0.25) is 0 Å². The Labute approximate surface area is 97.3 Å². The minimum absolute atomic E-state index is 0.279. The fourth-order valence-electron chi connectivity index (χ4n) is 1.31. The summed E-state index contributed by atoms with van der Waals surface area (Å²) in [6.45, 7) is 1.80. The molecule has 0 saturated carbocycles. The van der Waals surface area contributed by atoms with Crippen molar-refractivity contribution in [1.82, 2.24) is 15.2 Å². The highest BCUT2D eigenvalue weighted by Gasteiger charge is 2.11. The van der Waals surface area contributed by atoms with Crippen molar-refractivity contribution in [2.75, 3.05) is 5.32 Å². The molecule has 0 aromatic carbocycles. The minimum atomic E-state index is -0.380. The van der Waals surface area contributed by atoms with Crippen molar-refractivity contribution in [3.8, 4) is 6.07 Å². The average Bonchev–Trinajstić information content (AvgIpc) is 2.76. The number of pyridine rings is 1. The largest absolute Gasteiger partial charge is 0.304 e. The van der Waals surface area contributed by atoms with Gasteiger partial charge in [0.1, 0.15) is 23.1 Å². The Morgan fingerprint density at radius 1 is 1.53 bits per heavy atom. The summed E-state index contributed by atoms with van der Waals surface area (Å²) in [6, 6.07) is 7.06. The van der Waals surface area contributed by atoms with Crippen LogP contribution in [0.15, 0.2) is 24.4 Å².